The van der Waals surface area contributed by atoms with Crippen molar-refractivity contribution in [3.63, 3.8) is 0 Å². The summed E-state index contributed by atoms with van der Waals surface area (Å²) in [4.78, 5) is 23.8. The fraction of sp³-hybridized carbons (Fsp3) is 0.412. The number of furan rings is 1. The number of fused-ring (bicyclic) bond motifs is 1. The van der Waals surface area contributed by atoms with Gasteiger partial charge in [0.05, 0.1) is 0 Å². The van der Waals surface area contributed by atoms with Crippen LogP contribution in [0.15, 0.2) is 28.7 Å². The number of hydrogen-bond acceptors (Lipinski definition) is 3. The van der Waals surface area contributed by atoms with Crippen LogP contribution in [-0.4, -0.2) is 17.9 Å². The molecule has 2 aromatic rings. The van der Waals surface area contributed by atoms with E-state index in [1.165, 1.54) is 0 Å². The summed E-state index contributed by atoms with van der Waals surface area (Å²) >= 11 is 0. The Morgan fingerprint density at radius 3 is 2.95 bits per heavy atom. The van der Waals surface area contributed by atoms with E-state index in [0.717, 1.165) is 22.3 Å². The predicted octanol–water partition coefficient (Wildman–Crippen LogP) is 2.27. The monoisotopic (exact) mass is 300 g/mol. The van der Waals surface area contributed by atoms with Crippen molar-refractivity contribution in [1.29, 1.82) is 0 Å². The van der Waals surface area contributed by atoms with Gasteiger partial charge in [-0.3, -0.25) is 9.59 Å². The summed E-state index contributed by atoms with van der Waals surface area (Å²) in [5, 5.41) is 6.68. The molecule has 0 radical (unpaired) electrons. The molecule has 22 heavy (non-hydrogen) atoms. The molecular weight excluding hydrogens is 280 g/mol. The molecule has 116 valence electrons. The van der Waals surface area contributed by atoms with Gasteiger partial charge in [0, 0.05) is 23.9 Å². The second-order valence-electron chi connectivity index (χ2n) is 6.02. The Morgan fingerprint density at radius 2 is 2.18 bits per heavy atom. The summed E-state index contributed by atoms with van der Waals surface area (Å²) in [5.74, 6) is 0.858. The summed E-state index contributed by atoms with van der Waals surface area (Å²) in [6.07, 6.45) is 1.18. The van der Waals surface area contributed by atoms with Crippen LogP contribution in [-0.2, 0) is 16.1 Å². The van der Waals surface area contributed by atoms with E-state index < -0.39 is 6.04 Å². The van der Waals surface area contributed by atoms with Crippen LogP contribution in [0.1, 0.15) is 31.1 Å². The molecule has 2 atom stereocenters. The van der Waals surface area contributed by atoms with E-state index in [2.05, 4.69) is 10.6 Å². The number of carbonyl (C=O) groups is 2. The van der Waals surface area contributed by atoms with Crippen molar-refractivity contribution in [2.45, 2.75) is 39.3 Å². The molecule has 0 saturated carbocycles. The Balaban J connectivity index is 1.70. The van der Waals surface area contributed by atoms with Crippen LogP contribution in [0.25, 0.3) is 11.0 Å². The first-order valence-electron chi connectivity index (χ1n) is 7.58. The molecule has 2 heterocycles. The molecule has 1 saturated heterocycles. The summed E-state index contributed by atoms with van der Waals surface area (Å²) in [7, 11) is 0. The van der Waals surface area contributed by atoms with Gasteiger partial charge in [0.25, 0.3) is 0 Å². The van der Waals surface area contributed by atoms with Crippen LogP contribution in [0, 0.1) is 12.8 Å². The predicted molar refractivity (Wildman–Crippen MR) is 83.1 cm³/mol. The van der Waals surface area contributed by atoms with Crippen molar-refractivity contribution in [3.05, 3.63) is 35.6 Å². The van der Waals surface area contributed by atoms with Crippen molar-refractivity contribution in [1.82, 2.24) is 10.6 Å². The minimum atomic E-state index is -0.435. The highest BCUT2D eigenvalue weighted by Crippen LogP contribution is 2.25. The molecule has 1 aromatic heterocycles. The first kappa shape index (κ1) is 14.6. The van der Waals surface area contributed by atoms with E-state index in [9.17, 15) is 9.59 Å². The third-order valence-corrected chi connectivity index (χ3v) is 4.16. The van der Waals surface area contributed by atoms with Crippen LogP contribution < -0.4 is 10.6 Å². The lowest BCUT2D eigenvalue weighted by Gasteiger charge is -2.26. The Labute approximate surface area is 129 Å². The van der Waals surface area contributed by atoms with Gasteiger partial charge in [-0.2, -0.15) is 0 Å². The smallest absolute Gasteiger partial charge is 0.242 e. The maximum Gasteiger partial charge on any atom is 0.242 e. The molecule has 0 bridgehead atoms. The fourth-order valence-corrected chi connectivity index (χ4v) is 3.03. The van der Waals surface area contributed by atoms with Crippen LogP contribution in [0.4, 0.5) is 0 Å². The minimum absolute atomic E-state index is 0.0520. The molecule has 2 N–H and O–H groups in total. The van der Waals surface area contributed by atoms with Gasteiger partial charge >= 0.3 is 0 Å². The lowest BCUT2D eigenvalue weighted by atomic mass is 9.93. The zero-order valence-corrected chi connectivity index (χ0v) is 12.8. The Bertz CT molecular complexity index is 720. The standard InChI is InChI=1S/C17H20N2O3/c1-10-7-14(19-16(20)8-10)17(21)18-9-13-11(2)22-15-6-4-3-5-12(13)15/h3-6,10,14H,7-9H2,1-2H3,(H,18,21)(H,19,20)/t10-,14-/m1/s1. The number of rotatable bonds is 3. The molecule has 1 aliphatic rings. The number of carbonyl (C=O) groups excluding carboxylic acids is 2. The maximum absolute atomic E-state index is 12.3. The van der Waals surface area contributed by atoms with Crippen molar-refractivity contribution in [2.75, 3.05) is 0 Å². The lowest BCUT2D eigenvalue weighted by molar-refractivity contribution is -0.132. The van der Waals surface area contributed by atoms with E-state index in [1.807, 2.05) is 38.1 Å². The van der Waals surface area contributed by atoms with E-state index >= 15 is 0 Å². The van der Waals surface area contributed by atoms with Gasteiger partial charge in [0.15, 0.2) is 0 Å². The topological polar surface area (TPSA) is 71.3 Å². The quantitative estimate of drug-likeness (QED) is 0.913. The molecule has 3 rings (SSSR count). The van der Waals surface area contributed by atoms with E-state index in [4.69, 9.17) is 4.42 Å². The van der Waals surface area contributed by atoms with Crippen molar-refractivity contribution in [2.24, 2.45) is 5.92 Å². The van der Waals surface area contributed by atoms with Crippen LogP contribution >= 0.6 is 0 Å². The Kier molecular flexibility index (Phi) is 3.88. The number of para-hydroxylation sites is 1. The van der Waals surface area contributed by atoms with Gasteiger partial charge in [-0.15, -0.1) is 0 Å². The molecule has 0 spiro atoms. The second kappa shape index (κ2) is 5.83. The van der Waals surface area contributed by atoms with Crippen LogP contribution in [0.2, 0.25) is 0 Å². The third kappa shape index (κ3) is 2.84. The van der Waals surface area contributed by atoms with E-state index in [-0.39, 0.29) is 17.7 Å². The second-order valence-corrected chi connectivity index (χ2v) is 6.02. The van der Waals surface area contributed by atoms with Crippen molar-refractivity contribution in [3.8, 4) is 0 Å². The molecular formula is C17H20N2O3. The molecule has 0 aliphatic carbocycles. The van der Waals surface area contributed by atoms with E-state index in [0.29, 0.717) is 19.4 Å². The number of amides is 2. The van der Waals surface area contributed by atoms with Crippen LogP contribution in [0.3, 0.4) is 0 Å². The zero-order valence-electron chi connectivity index (χ0n) is 12.8. The molecule has 1 fully saturated rings. The fourth-order valence-electron chi connectivity index (χ4n) is 3.03. The Morgan fingerprint density at radius 1 is 1.41 bits per heavy atom. The molecule has 0 unspecified atom stereocenters. The first-order valence-corrected chi connectivity index (χ1v) is 7.58. The number of hydrogen-bond donors (Lipinski definition) is 2. The highest BCUT2D eigenvalue weighted by atomic mass is 16.3. The molecule has 2 amide bonds. The molecule has 1 aromatic carbocycles. The SMILES string of the molecule is Cc1oc2ccccc2c1CNC(=O)[C@H]1C[C@@H](C)CC(=O)N1. The Hall–Kier alpha value is -2.30. The first-order chi connectivity index (χ1) is 10.5. The summed E-state index contributed by atoms with van der Waals surface area (Å²) in [6.45, 7) is 4.29. The van der Waals surface area contributed by atoms with Gasteiger partial charge in [0.2, 0.25) is 11.8 Å². The minimum Gasteiger partial charge on any atom is -0.461 e. The van der Waals surface area contributed by atoms with Crippen molar-refractivity contribution < 1.29 is 14.0 Å². The summed E-state index contributed by atoms with van der Waals surface area (Å²) < 4.78 is 5.69. The molecule has 5 heteroatoms. The summed E-state index contributed by atoms with van der Waals surface area (Å²) in [6, 6.07) is 7.34. The lowest BCUT2D eigenvalue weighted by Crippen LogP contribution is -2.50. The van der Waals surface area contributed by atoms with Gasteiger partial charge in [-0.25, -0.2) is 0 Å². The molecule has 1 aliphatic heterocycles. The largest absolute Gasteiger partial charge is 0.461 e. The van der Waals surface area contributed by atoms with Gasteiger partial charge in [-0.1, -0.05) is 25.1 Å². The van der Waals surface area contributed by atoms with Crippen molar-refractivity contribution >= 4 is 22.8 Å². The van der Waals surface area contributed by atoms with Gasteiger partial charge in [0.1, 0.15) is 17.4 Å². The highest BCUT2D eigenvalue weighted by Gasteiger charge is 2.28. The number of aryl methyl sites for hydroxylation is 1. The van der Waals surface area contributed by atoms with Gasteiger partial charge < -0.3 is 15.1 Å². The van der Waals surface area contributed by atoms with E-state index in [1.54, 1.807) is 0 Å². The normalized spacial score (nSPS) is 21.6. The highest BCUT2D eigenvalue weighted by molar-refractivity contribution is 5.89. The third-order valence-electron chi connectivity index (χ3n) is 4.16. The maximum atomic E-state index is 12.3. The number of benzene rings is 1. The average Bonchev–Trinajstić information content (AvgIpc) is 2.79. The van der Waals surface area contributed by atoms with Crippen LogP contribution in [0.5, 0.6) is 0 Å². The number of piperidine rings is 1. The number of nitrogens with one attached hydrogen (secondary N) is 2. The van der Waals surface area contributed by atoms with Gasteiger partial charge in [-0.05, 0) is 25.3 Å². The molecule has 5 nitrogen and oxygen atoms in total. The summed E-state index contributed by atoms with van der Waals surface area (Å²) in [5.41, 5.74) is 1.81. The zero-order chi connectivity index (χ0) is 15.7. The average molecular weight is 300 g/mol.